The predicted octanol–water partition coefficient (Wildman–Crippen LogP) is 2.18. The van der Waals surface area contributed by atoms with Gasteiger partial charge in [-0.2, -0.15) is 0 Å². The van der Waals surface area contributed by atoms with Crippen molar-refractivity contribution in [1.82, 2.24) is 0 Å². The van der Waals surface area contributed by atoms with Gasteiger partial charge in [0.05, 0.1) is 6.42 Å². The van der Waals surface area contributed by atoms with E-state index in [-0.39, 0.29) is 12.0 Å². The van der Waals surface area contributed by atoms with Gasteiger partial charge in [0, 0.05) is 11.0 Å². The second-order valence-electron chi connectivity index (χ2n) is 4.11. The summed E-state index contributed by atoms with van der Waals surface area (Å²) >= 11 is 0. The fourth-order valence-electron chi connectivity index (χ4n) is 1.98. The van der Waals surface area contributed by atoms with Crippen LogP contribution in [0.5, 0.6) is 5.75 Å². The van der Waals surface area contributed by atoms with E-state index < -0.39 is 28.8 Å². The molecule has 86 valence electrons. The van der Waals surface area contributed by atoms with Gasteiger partial charge in [-0.15, -0.1) is 0 Å². The third-order valence-electron chi connectivity index (χ3n) is 2.94. The van der Waals surface area contributed by atoms with E-state index in [0.29, 0.717) is 12.8 Å². The molecular weight excluding hydrogens is 218 g/mol. The van der Waals surface area contributed by atoms with Crippen LogP contribution in [0.3, 0.4) is 0 Å². The number of carbonyl (C=O) groups is 1. The number of rotatable bonds is 3. The van der Waals surface area contributed by atoms with E-state index in [2.05, 4.69) is 0 Å². The van der Waals surface area contributed by atoms with Crippen molar-refractivity contribution in [2.75, 3.05) is 0 Å². The number of phenols is 1. The zero-order chi connectivity index (χ0) is 11.9. The Hall–Kier alpha value is -1.65. The highest BCUT2D eigenvalue weighted by Gasteiger charge is 2.49. The Morgan fingerprint density at radius 3 is 2.50 bits per heavy atom. The third kappa shape index (κ3) is 1.62. The van der Waals surface area contributed by atoms with Gasteiger partial charge in [0.2, 0.25) is 0 Å². The van der Waals surface area contributed by atoms with Gasteiger partial charge in [0.15, 0.2) is 11.6 Å². The maximum absolute atomic E-state index is 13.6. The molecule has 16 heavy (non-hydrogen) atoms. The number of aromatic hydroxyl groups is 1. The van der Waals surface area contributed by atoms with Gasteiger partial charge in [0.25, 0.3) is 0 Å². The standard InChI is InChI=1S/C11H10F2O3/c12-6-1-2-7(14)10(13)9(6)11(3-4-11)5-8(15)16/h1-2,14H,3-5H2,(H,15,16). The van der Waals surface area contributed by atoms with Crippen LogP contribution in [0.1, 0.15) is 24.8 Å². The molecule has 0 unspecified atom stereocenters. The molecule has 0 heterocycles. The molecule has 0 spiro atoms. The Morgan fingerprint density at radius 1 is 1.38 bits per heavy atom. The topological polar surface area (TPSA) is 57.5 Å². The molecule has 2 rings (SSSR count). The van der Waals surface area contributed by atoms with Crippen molar-refractivity contribution in [3.63, 3.8) is 0 Å². The first kappa shape index (κ1) is 10.9. The molecule has 1 aliphatic carbocycles. The molecule has 1 aliphatic rings. The number of phenolic OH excluding ortho intramolecular Hbond substituents is 1. The fraction of sp³-hybridized carbons (Fsp3) is 0.364. The molecule has 0 radical (unpaired) electrons. The molecule has 3 nitrogen and oxygen atoms in total. The van der Waals surface area contributed by atoms with Crippen molar-refractivity contribution in [2.45, 2.75) is 24.7 Å². The van der Waals surface area contributed by atoms with Gasteiger partial charge in [-0.25, -0.2) is 8.78 Å². The molecule has 0 atom stereocenters. The fourth-order valence-corrected chi connectivity index (χ4v) is 1.98. The zero-order valence-electron chi connectivity index (χ0n) is 8.33. The monoisotopic (exact) mass is 228 g/mol. The van der Waals surface area contributed by atoms with Crippen LogP contribution < -0.4 is 0 Å². The van der Waals surface area contributed by atoms with Crippen LogP contribution in [0, 0.1) is 11.6 Å². The van der Waals surface area contributed by atoms with E-state index in [4.69, 9.17) is 10.2 Å². The van der Waals surface area contributed by atoms with E-state index in [1.54, 1.807) is 0 Å². The maximum atomic E-state index is 13.6. The summed E-state index contributed by atoms with van der Waals surface area (Å²) in [4.78, 5) is 10.6. The minimum Gasteiger partial charge on any atom is -0.505 e. The number of carboxylic acids is 1. The van der Waals surface area contributed by atoms with Crippen LogP contribution in [0.25, 0.3) is 0 Å². The largest absolute Gasteiger partial charge is 0.505 e. The molecule has 0 amide bonds. The molecule has 1 aromatic rings. The Morgan fingerprint density at radius 2 is 2.00 bits per heavy atom. The maximum Gasteiger partial charge on any atom is 0.304 e. The van der Waals surface area contributed by atoms with Gasteiger partial charge in [-0.05, 0) is 25.0 Å². The number of aliphatic carboxylic acids is 1. The molecule has 0 aromatic heterocycles. The van der Waals surface area contributed by atoms with Crippen LogP contribution in [0.15, 0.2) is 12.1 Å². The van der Waals surface area contributed by atoms with Crippen molar-refractivity contribution < 1.29 is 23.8 Å². The van der Waals surface area contributed by atoms with E-state index in [9.17, 15) is 13.6 Å². The summed E-state index contributed by atoms with van der Waals surface area (Å²) in [7, 11) is 0. The molecule has 5 heteroatoms. The van der Waals surface area contributed by atoms with E-state index >= 15 is 0 Å². The van der Waals surface area contributed by atoms with Crippen molar-refractivity contribution in [1.29, 1.82) is 0 Å². The van der Waals surface area contributed by atoms with Crippen molar-refractivity contribution in [3.8, 4) is 5.75 Å². The average molecular weight is 228 g/mol. The lowest BCUT2D eigenvalue weighted by Crippen LogP contribution is -2.16. The summed E-state index contributed by atoms with van der Waals surface area (Å²) in [5, 5.41) is 17.9. The Bertz CT molecular complexity index is 453. The molecule has 1 aromatic carbocycles. The lowest BCUT2D eigenvalue weighted by molar-refractivity contribution is -0.137. The Kier molecular flexibility index (Phi) is 2.33. The van der Waals surface area contributed by atoms with E-state index in [1.807, 2.05) is 0 Å². The normalized spacial score (nSPS) is 17.1. The third-order valence-corrected chi connectivity index (χ3v) is 2.94. The minimum atomic E-state index is -1.10. The summed E-state index contributed by atoms with van der Waals surface area (Å²) < 4.78 is 27.0. The molecule has 1 saturated carbocycles. The first-order valence-corrected chi connectivity index (χ1v) is 4.85. The first-order chi connectivity index (χ1) is 7.46. The summed E-state index contributed by atoms with van der Waals surface area (Å²) in [6, 6.07) is 1.88. The van der Waals surface area contributed by atoms with Gasteiger partial charge in [-0.1, -0.05) is 0 Å². The molecule has 0 aliphatic heterocycles. The van der Waals surface area contributed by atoms with Crippen LogP contribution in [-0.4, -0.2) is 16.2 Å². The van der Waals surface area contributed by atoms with Gasteiger partial charge < -0.3 is 10.2 Å². The molecular formula is C11H10F2O3. The summed E-state index contributed by atoms with van der Waals surface area (Å²) in [6.07, 6.45) is 0.539. The number of halogens is 2. The highest BCUT2D eigenvalue weighted by Crippen LogP contribution is 2.53. The Labute approximate surface area is 90.3 Å². The number of carboxylic acid groups (broad SMARTS) is 1. The second kappa shape index (κ2) is 3.43. The number of hydrogen-bond donors (Lipinski definition) is 2. The summed E-state index contributed by atoms with van der Waals surface area (Å²) in [5.41, 5.74) is -1.27. The Balaban J connectivity index is 2.48. The summed E-state index contributed by atoms with van der Waals surface area (Å²) in [5.74, 6) is -3.58. The first-order valence-electron chi connectivity index (χ1n) is 4.85. The minimum absolute atomic E-state index is 0.296. The summed E-state index contributed by atoms with van der Waals surface area (Å²) in [6.45, 7) is 0. The lowest BCUT2D eigenvalue weighted by Gasteiger charge is -2.15. The van der Waals surface area contributed by atoms with E-state index in [1.165, 1.54) is 0 Å². The van der Waals surface area contributed by atoms with Gasteiger partial charge in [-0.3, -0.25) is 4.79 Å². The van der Waals surface area contributed by atoms with Gasteiger partial charge in [0.1, 0.15) is 5.82 Å². The van der Waals surface area contributed by atoms with Crippen LogP contribution in [0.2, 0.25) is 0 Å². The highest BCUT2D eigenvalue weighted by atomic mass is 19.1. The van der Waals surface area contributed by atoms with Crippen molar-refractivity contribution in [2.24, 2.45) is 0 Å². The second-order valence-corrected chi connectivity index (χ2v) is 4.11. The molecule has 2 N–H and O–H groups in total. The molecule has 0 bridgehead atoms. The van der Waals surface area contributed by atoms with Crippen molar-refractivity contribution in [3.05, 3.63) is 29.3 Å². The van der Waals surface area contributed by atoms with E-state index in [0.717, 1.165) is 12.1 Å². The van der Waals surface area contributed by atoms with Crippen LogP contribution >= 0.6 is 0 Å². The lowest BCUT2D eigenvalue weighted by atomic mass is 9.91. The molecule has 0 saturated heterocycles. The van der Waals surface area contributed by atoms with Crippen molar-refractivity contribution >= 4 is 5.97 Å². The van der Waals surface area contributed by atoms with Gasteiger partial charge >= 0.3 is 5.97 Å². The predicted molar refractivity (Wildman–Crippen MR) is 51.2 cm³/mol. The SMILES string of the molecule is O=C(O)CC1(c2c(F)ccc(O)c2F)CC1. The highest BCUT2D eigenvalue weighted by molar-refractivity contribution is 5.70. The average Bonchev–Trinajstić information content (AvgIpc) is 2.92. The number of benzene rings is 1. The smallest absolute Gasteiger partial charge is 0.304 e. The van der Waals surface area contributed by atoms with Crippen LogP contribution in [0.4, 0.5) is 8.78 Å². The van der Waals surface area contributed by atoms with Crippen LogP contribution in [-0.2, 0) is 10.2 Å². The number of hydrogen-bond acceptors (Lipinski definition) is 2. The quantitative estimate of drug-likeness (QED) is 0.833. The zero-order valence-corrected chi connectivity index (χ0v) is 8.33. The molecule has 1 fully saturated rings.